The quantitative estimate of drug-likeness (QED) is 0.666. The van der Waals surface area contributed by atoms with E-state index in [2.05, 4.69) is 0 Å². The highest BCUT2D eigenvalue weighted by Gasteiger charge is 2.16. The van der Waals surface area contributed by atoms with Crippen LogP contribution in [0.1, 0.15) is 34.1 Å². The first-order valence-electron chi connectivity index (χ1n) is 4.78. The van der Waals surface area contributed by atoms with Gasteiger partial charge < -0.3 is 9.84 Å². The molecule has 0 aliphatic heterocycles. The second-order valence-electron chi connectivity index (χ2n) is 4.03. The van der Waals surface area contributed by atoms with Gasteiger partial charge in [0, 0.05) is 0 Å². The molecule has 0 fully saturated rings. The first-order valence-corrected chi connectivity index (χ1v) is 4.78. The molecule has 0 saturated carbocycles. The second-order valence-corrected chi connectivity index (χ2v) is 4.03. The molecule has 1 N–H and O–H groups in total. The van der Waals surface area contributed by atoms with E-state index in [-0.39, 0.29) is 24.6 Å². The van der Waals surface area contributed by atoms with E-state index < -0.39 is 0 Å². The van der Waals surface area contributed by atoms with Gasteiger partial charge in [-0.2, -0.15) is 0 Å². The molecule has 0 aromatic carbocycles. The van der Waals surface area contributed by atoms with Crippen LogP contribution >= 0.6 is 0 Å². The highest BCUT2D eigenvalue weighted by atomic mass is 16.6. The third-order valence-electron chi connectivity index (χ3n) is 1.69. The number of carbonyl (C=O) groups excluding carboxylic acids is 1. The molecule has 0 aromatic rings. The third-order valence-corrected chi connectivity index (χ3v) is 1.69. The fraction of sp³-hybridized carbons (Fsp3) is 0.900. The number of aliphatic hydroxyl groups excluding tert-OH is 1. The maximum atomic E-state index is 11.2. The van der Waals surface area contributed by atoms with Crippen molar-refractivity contribution in [2.24, 2.45) is 11.8 Å². The van der Waals surface area contributed by atoms with Gasteiger partial charge in [0.05, 0.1) is 12.5 Å². The van der Waals surface area contributed by atoms with E-state index in [0.717, 1.165) is 6.42 Å². The Morgan fingerprint density at radius 3 is 2.15 bits per heavy atom. The van der Waals surface area contributed by atoms with Crippen LogP contribution in [0.15, 0.2) is 0 Å². The van der Waals surface area contributed by atoms with E-state index in [4.69, 9.17) is 9.84 Å². The van der Waals surface area contributed by atoms with E-state index in [0.29, 0.717) is 5.92 Å². The number of rotatable bonds is 5. The van der Waals surface area contributed by atoms with E-state index in [9.17, 15) is 4.79 Å². The fourth-order valence-electron chi connectivity index (χ4n) is 0.986. The topological polar surface area (TPSA) is 46.5 Å². The normalized spacial score (nSPS) is 13.5. The number of aliphatic hydroxyl groups is 1. The SMILES string of the molecule is CC(C)CC(CO)OC(=O)C(C)C. The van der Waals surface area contributed by atoms with Gasteiger partial charge in [-0.15, -0.1) is 0 Å². The summed E-state index contributed by atoms with van der Waals surface area (Å²) in [5.74, 6) is 0.0676. The van der Waals surface area contributed by atoms with Crippen molar-refractivity contribution in [1.29, 1.82) is 0 Å². The molecule has 13 heavy (non-hydrogen) atoms. The van der Waals surface area contributed by atoms with E-state index >= 15 is 0 Å². The van der Waals surface area contributed by atoms with Gasteiger partial charge in [-0.3, -0.25) is 4.79 Å². The number of carbonyl (C=O) groups is 1. The van der Waals surface area contributed by atoms with Crippen LogP contribution in [-0.2, 0) is 9.53 Å². The molecule has 78 valence electrons. The molecule has 0 radical (unpaired) electrons. The average molecular weight is 188 g/mol. The lowest BCUT2D eigenvalue weighted by Gasteiger charge is -2.18. The van der Waals surface area contributed by atoms with Crippen molar-refractivity contribution >= 4 is 5.97 Å². The Labute approximate surface area is 80.1 Å². The first kappa shape index (κ1) is 12.4. The molecule has 0 spiro atoms. The van der Waals surface area contributed by atoms with Crippen molar-refractivity contribution < 1.29 is 14.6 Å². The van der Waals surface area contributed by atoms with Gasteiger partial charge in [-0.05, 0) is 12.3 Å². The molecular weight excluding hydrogens is 168 g/mol. The molecule has 0 aliphatic rings. The van der Waals surface area contributed by atoms with Gasteiger partial charge in [-0.1, -0.05) is 27.7 Å². The standard InChI is InChI=1S/C10H20O3/c1-7(2)5-9(6-11)13-10(12)8(3)4/h7-9,11H,5-6H2,1-4H3. The largest absolute Gasteiger partial charge is 0.460 e. The fourth-order valence-corrected chi connectivity index (χ4v) is 0.986. The number of hydrogen-bond acceptors (Lipinski definition) is 3. The first-order chi connectivity index (χ1) is 5.97. The Kier molecular flexibility index (Phi) is 5.71. The number of hydrogen-bond donors (Lipinski definition) is 1. The summed E-state index contributed by atoms with van der Waals surface area (Å²) in [4.78, 5) is 11.2. The van der Waals surface area contributed by atoms with Gasteiger partial charge in [0.2, 0.25) is 0 Å². The van der Waals surface area contributed by atoms with Crippen molar-refractivity contribution in [3.63, 3.8) is 0 Å². The maximum Gasteiger partial charge on any atom is 0.308 e. The van der Waals surface area contributed by atoms with Crippen LogP contribution in [0.25, 0.3) is 0 Å². The molecule has 0 aliphatic carbocycles. The number of ether oxygens (including phenoxy) is 1. The summed E-state index contributed by atoms with van der Waals surface area (Å²) in [6.07, 6.45) is 0.379. The van der Waals surface area contributed by atoms with Gasteiger partial charge in [0.15, 0.2) is 0 Å². The van der Waals surface area contributed by atoms with Crippen molar-refractivity contribution in [1.82, 2.24) is 0 Å². The predicted molar refractivity (Wildman–Crippen MR) is 51.3 cm³/mol. The van der Waals surface area contributed by atoms with E-state index in [1.165, 1.54) is 0 Å². The Balaban J connectivity index is 3.90. The monoisotopic (exact) mass is 188 g/mol. The van der Waals surface area contributed by atoms with Crippen molar-refractivity contribution in [3.05, 3.63) is 0 Å². The summed E-state index contributed by atoms with van der Waals surface area (Å²) in [5, 5.41) is 8.93. The molecular formula is C10H20O3. The Hall–Kier alpha value is -0.570. The van der Waals surface area contributed by atoms with Gasteiger partial charge in [-0.25, -0.2) is 0 Å². The average Bonchev–Trinajstić information content (AvgIpc) is 2.02. The molecule has 0 bridgehead atoms. The highest BCUT2D eigenvalue weighted by Crippen LogP contribution is 2.10. The Morgan fingerprint density at radius 1 is 1.31 bits per heavy atom. The highest BCUT2D eigenvalue weighted by molar-refractivity contribution is 5.71. The smallest absolute Gasteiger partial charge is 0.308 e. The second kappa shape index (κ2) is 5.97. The lowest BCUT2D eigenvalue weighted by molar-refractivity contribution is -0.155. The molecule has 3 nitrogen and oxygen atoms in total. The third kappa shape index (κ3) is 5.64. The maximum absolute atomic E-state index is 11.2. The minimum atomic E-state index is -0.338. The van der Waals surface area contributed by atoms with Crippen molar-refractivity contribution in [3.8, 4) is 0 Å². The van der Waals surface area contributed by atoms with E-state index in [1.54, 1.807) is 13.8 Å². The molecule has 1 unspecified atom stereocenters. The van der Waals surface area contributed by atoms with Gasteiger partial charge in [0.1, 0.15) is 6.10 Å². The molecule has 0 aromatic heterocycles. The van der Waals surface area contributed by atoms with Crippen LogP contribution in [-0.4, -0.2) is 23.8 Å². The lowest BCUT2D eigenvalue weighted by Crippen LogP contribution is -2.26. The van der Waals surface area contributed by atoms with Crippen LogP contribution in [0.5, 0.6) is 0 Å². The van der Waals surface area contributed by atoms with Gasteiger partial charge >= 0.3 is 5.97 Å². The summed E-state index contributed by atoms with van der Waals surface area (Å²) < 4.78 is 5.08. The van der Waals surface area contributed by atoms with E-state index in [1.807, 2.05) is 13.8 Å². The van der Waals surface area contributed by atoms with Crippen LogP contribution in [0.4, 0.5) is 0 Å². The summed E-state index contributed by atoms with van der Waals surface area (Å²) in [7, 11) is 0. The predicted octanol–water partition coefficient (Wildman–Crippen LogP) is 1.59. The summed E-state index contributed by atoms with van der Waals surface area (Å²) in [5.41, 5.74) is 0. The Morgan fingerprint density at radius 2 is 1.85 bits per heavy atom. The number of esters is 1. The summed E-state index contributed by atoms with van der Waals surface area (Å²) >= 11 is 0. The molecule has 0 saturated heterocycles. The van der Waals surface area contributed by atoms with Crippen LogP contribution in [0.3, 0.4) is 0 Å². The molecule has 3 heteroatoms. The molecule has 0 rings (SSSR count). The van der Waals surface area contributed by atoms with Crippen LogP contribution < -0.4 is 0 Å². The van der Waals surface area contributed by atoms with Crippen molar-refractivity contribution in [2.45, 2.75) is 40.2 Å². The lowest BCUT2D eigenvalue weighted by atomic mass is 10.1. The molecule has 0 heterocycles. The molecule has 1 atom stereocenters. The minimum Gasteiger partial charge on any atom is -0.460 e. The van der Waals surface area contributed by atoms with Gasteiger partial charge in [0.25, 0.3) is 0 Å². The summed E-state index contributed by atoms with van der Waals surface area (Å²) in [6.45, 7) is 7.55. The van der Waals surface area contributed by atoms with Crippen LogP contribution in [0, 0.1) is 11.8 Å². The zero-order valence-electron chi connectivity index (χ0n) is 8.91. The van der Waals surface area contributed by atoms with Crippen molar-refractivity contribution in [2.75, 3.05) is 6.61 Å². The summed E-state index contributed by atoms with van der Waals surface area (Å²) in [6, 6.07) is 0. The zero-order chi connectivity index (χ0) is 10.4. The Bertz CT molecular complexity index is 152. The molecule has 0 amide bonds. The van der Waals surface area contributed by atoms with Crippen LogP contribution in [0.2, 0.25) is 0 Å². The zero-order valence-corrected chi connectivity index (χ0v) is 8.91. The minimum absolute atomic E-state index is 0.0867.